The van der Waals surface area contributed by atoms with Crippen LogP contribution in [0.5, 0.6) is 5.75 Å². The highest BCUT2D eigenvalue weighted by molar-refractivity contribution is 5.96. The van der Waals surface area contributed by atoms with E-state index in [1.54, 1.807) is 13.0 Å². The fraction of sp³-hybridized carbons (Fsp3) is 0.562. The Morgan fingerprint density at radius 1 is 1.30 bits per heavy atom. The Bertz CT molecular complexity index is 503. The van der Waals surface area contributed by atoms with Gasteiger partial charge >= 0.3 is 0 Å². The number of benzene rings is 1. The SMILES string of the molecule is CC(=O)c1cc(F)c(C)cc1OC1CC(C)OC(C)C1. The van der Waals surface area contributed by atoms with Gasteiger partial charge in [0, 0.05) is 12.8 Å². The molecule has 1 saturated heterocycles. The lowest BCUT2D eigenvalue weighted by molar-refractivity contribution is -0.0722. The second-order valence-corrected chi connectivity index (χ2v) is 5.62. The van der Waals surface area contributed by atoms with Crippen LogP contribution in [0.3, 0.4) is 0 Å². The standard InChI is InChI=1S/C16H21FO3/c1-9-5-16(14(12(4)18)8-15(9)17)20-13-6-10(2)19-11(3)7-13/h5,8,10-11,13H,6-7H2,1-4H3. The van der Waals surface area contributed by atoms with Gasteiger partial charge in [-0.05, 0) is 45.4 Å². The molecule has 0 saturated carbocycles. The highest BCUT2D eigenvalue weighted by Crippen LogP contribution is 2.28. The van der Waals surface area contributed by atoms with Gasteiger partial charge in [-0.2, -0.15) is 0 Å². The van der Waals surface area contributed by atoms with E-state index >= 15 is 0 Å². The van der Waals surface area contributed by atoms with E-state index in [4.69, 9.17) is 9.47 Å². The van der Waals surface area contributed by atoms with E-state index in [2.05, 4.69) is 0 Å². The zero-order valence-electron chi connectivity index (χ0n) is 12.4. The van der Waals surface area contributed by atoms with E-state index < -0.39 is 0 Å². The van der Waals surface area contributed by atoms with Gasteiger partial charge in [-0.3, -0.25) is 4.79 Å². The molecular formula is C16H21FO3. The number of carbonyl (C=O) groups excluding carboxylic acids is 1. The average molecular weight is 280 g/mol. The third kappa shape index (κ3) is 3.37. The van der Waals surface area contributed by atoms with E-state index in [1.165, 1.54) is 13.0 Å². The summed E-state index contributed by atoms with van der Waals surface area (Å²) < 4.78 is 25.2. The molecule has 0 bridgehead atoms. The molecule has 1 aliphatic heterocycles. The van der Waals surface area contributed by atoms with Crippen molar-refractivity contribution in [3.63, 3.8) is 0 Å². The van der Waals surface area contributed by atoms with Gasteiger partial charge in [0.2, 0.25) is 0 Å². The maximum absolute atomic E-state index is 13.6. The van der Waals surface area contributed by atoms with Crippen molar-refractivity contribution in [1.82, 2.24) is 0 Å². The van der Waals surface area contributed by atoms with Crippen LogP contribution in [0.25, 0.3) is 0 Å². The molecule has 20 heavy (non-hydrogen) atoms. The predicted octanol–water partition coefficient (Wildman–Crippen LogP) is 3.67. The number of halogens is 1. The van der Waals surface area contributed by atoms with Crippen molar-refractivity contribution >= 4 is 5.78 Å². The van der Waals surface area contributed by atoms with Crippen LogP contribution in [-0.2, 0) is 4.74 Å². The first-order chi connectivity index (χ1) is 9.36. The van der Waals surface area contributed by atoms with E-state index in [9.17, 15) is 9.18 Å². The number of rotatable bonds is 3. The number of carbonyl (C=O) groups is 1. The molecular weight excluding hydrogens is 259 g/mol. The lowest BCUT2D eigenvalue weighted by Gasteiger charge is -2.32. The largest absolute Gasteiger partial charge is 0.489 e. The summed E-state index contributed by atoms with van der Waals surface area (Å²) in [7, 11) is 0. The molecule has 0 N–H and O–H groups in total. The van der Waals surface area contributed by atoms with E-state index in [-0.39, 0.29) is 29.9 Å². The molecule has 1 aliphatic rings. The maximum atomic E-state index is 13.6. The van der Waals surface area contributed by atoms with Gasteiger partial charge in [0.25, 0.3) is 0 Å². The normalized spacial score (nSPS) is 26.4. The first kappa shape index (κ1) is 15.0. The zero-order valence-corrected chi connectivity index (χ0v) is 12.4. The van der Waals surface area contributed by atoms with Gasteiger partial charge < -0.3 is 9.47 Å². The molecule has 0 amide bonds. The fourth-order valence-electron chi connectivity index (χ4n) is 2.65. The number of aryl methyl sites for hydroxylation is 1. The van der Waals surface area contributed by atoms with Crippen molar-refractivity contribution in [2.24, 2.45) is 0 Å². The van der Waals surface area contributed by atoms with Crippen LogP contribution in [0.2, 0.25) is 0 Å². The van der Waals surface area contributed by atoms with Gasteiger partial charge in [0.1, 0.15) is 17.7 Å². The molecule has 1 aromatic carbocycles. The number of ketones is 1. The van der Waals surface area contributed by atoms with Crippen LogP contribution in [0.4, 0.5) is 4.39 Å². The Balaban J connectivity index is 2.24. The molecule has 0 aromatic heterocycles. The quantitative estimate of drug-likeness (QED) is 0.792. The van der Waals surface area contributed by atoms with Gasteiger partial charge in [0.05, 0.1) is 17.8 Å². The van der Waals surface area contributed by atoms with Crippen LogP contribution >= 0.6 is 0 Å². The fourth-order valence-corrected chi connectivity index (χ4v) is 2.65. The summed E-state index contributed by atoms with van der Waals surface area (Å²) in [5.74, 6) is -0.0916. The van der Waals surface area contributed by atoms with Crippen LogP contribution in [0.1, 0.15) is 49.5 Å². The van der Waals surface area contributed by atoms with Crippen molar-refractivity contribution in [2.75, 3.05) is 0 Å². The molecule has 3 nitrogen and oxygen atoms in total. The first-order valence-corrected chi connectivity index (χ1v) is 7.00. The lowest BCUT2D eigenvalue weighted by atomic mass is 10.0. The van der Waals surface area contributed by atoms with Crippen LogP contribution in [0, 0.1) is 12.7 Å². The van der Waals surface area contributed by atoms with Crippen molar-refractivity contribution < 1.29 is 18.7 Å². The Hall–Kier alpha value is -1.42. The zero-order chi connectivity index (χ0) is 14.9. The minimum Gasteiger partial charge on any atom is -0.489 e. The smallest absolute Gasteiger partial charge is 0.163 e. The maximum Gasteiger partial charge on any atom is 0.163 e. The van der Waals surface area contributed by atoms with Gasteiger partial charge in [0.15, 0.2) is 5.78 Å². The minimum atomic E-state index is -0.378. The second-order valence-electron chi connectivity index (χ2n) is 5.62. The van der Waals surface area contributed by atoms with Crippen LogP contribution in [-0.4, -0.2) is 24.1 Å². The highest BCUT2D eigenvalue weighted by atomic mass is 19.1. The summed E-state index contributed by atoms with van der Waals surface area (Å²) >= 11 is 0. The van der Waals surface area contributed by atoms with Gasteiger partial charge in [-0.15, -0.1) is 0 Å². The van der Waals surface area contributed by atoms with E-state index in [0.29, 0.717) is 16.9 Å². The second kappa shape index (κ2) is 5.92. The Labute approximate surface area is 119 Å². The summed E-state index contributed by atoms with van der Waals surface area (Å²) in [6, 6.07) is 2.87. The molecule has 0 spiro atoms. The van der Waals surface area contributed by atoms with Gasteiger partial charge in [-0.25, -0.2) is 4.39 Å². The van der Waals surface area contributed by atoms with Crippen molar-refractivity contribution in [2.45, 2.75) is 58.8 Å². The van der Waals surface area contributed by atoms with Crippen molar-refractivity contribution in [3.05, 3.63) is 29.1 Å². The topological polar surface area (TPSA) is 35.5 Å². The lowest BCUT2D eigenvalue weighted by Crippen LogP contribution is -2.36. The van der Waals surface area contributed by atoms with Gasteiger partial charge in [-0.1, -0.05) is 0 Å². The molecule has 1 fully saturated rings. The Morgan fingerprint density at radius 3 is 2.45 bits per heavy atom. The molecule has 1 heterocycles. The molecule has 4 heteroatoms. The molecule has 110 valence electrons. The summed E-state index contributed by atoms with van der Waals surface area (Å²) in [6.45, 7) is 7.11. The molecule has 2 atom stereocenters. The number of hydrogen-bond acceptors (Lipinski definition) is 3. The predicted molar refractivity (Wildman–Crippen MR) is 74.8 cm³/mol. The Kier molecular flexibility index (Phi) is 4.43. The summed E-state index contributed by atoms with van der Waals surface area (Å²) in [5.41, 5.74) is 0.790. The third-order valence-electron chi connectivity index (χ3n) is 3.59. The molecule has 1 aromatic rings. The van der Waals surface area contributed by atoms with Crippen LogP contribution < -0.4 is 4.74 Å². The van der Waals surface area contributed by atoms with Crippen molar-refractivity contribution in [3.8, 4) is 5.75 Å². The molecule has 2 rings (SSSR count). The first-order valence-electron chi connectivity index (χ1n) is 7.00. The number of ether oxygens (including phenoxy) is 2. The minimum absolute atomic E-state index is 0.00305. The third-order valence-corrected chi connectivity index (χ3v) is 3.59. The summed E-state index contributed by atoms with van der Waals surface area (Å²) in [6.07, 6.45) is 1.81. The highest BCUT2D eigenvalue weighted by Gasteiger charge is 2.27. The monoisotopic (exact) mass is 280 g/mol. The summed E-state index contributed by atoms with van der Waals surface area (Å²) in [4.78, 5) is 11.6. The molecule has 0 aliphatic carbocycles. The molecule has 2 unspecified atom stereocenters. The number of Topliss-reactive ketones (excluding diaryl/α,β-unsaturated/α-hetero) is 1. The van der Waals surface area contributed by atoms with Crippen LogP contribution in [0.15, 0.2) is 12.1 Å². The molecule has 0 radical (unpaired) electrons. The van der Waals surface area contributed by atoms with Crippen molar-refractivity contribution in [1.29, 1.82) is 0 Å². The summed E-state index contributed by atoms with van der Waals surface area (Å²) in [5, 5.41) is 0. The number of hydrogen-bond donors (Lipinski definition) is 0. The van der Waals surface area contributed by atoms with E-state index in [1.807, 2.05) is 13.8 Å². The van der Waals surface area contributed by atoms with E-state index in [0.717, 1.165) is 12.8 Å². The average Bonchev–Trinajstić information content (AvgIpc) is 2.31. The Morgan fingerprint density at radius 2 is 1.90 bits per heavy atom.